The predicted octanol–water partition coefficient (Wildman–Crippen LogP) is 4.66. The van der Waals surface area contributed by atoms with E-state index in [-0.39, 0.29) is 11.9 Å². The second kappa shape index (κ2) is 4.92. The number of benzene rings is 1. The summed E-state index contributed by atoms with van der Waals surface area (Å²) in [5.41, 5.74) is 1.76. The zero-order valence-electron chi connectivity index (χ0n) is 9.63. The molecule has 0 aliphatic rings. The maximum atomic E-state index is 13.3. The second-order valence-corrected chi connectivity index (χ2v) is 4.82. The van der Waals surface area contributed by atoms with Crippen molar-refractivity contribution in [2.75, 3.05) is 5.32 Å². The summed E-state index contributed by atoms with van der Waals surface area (Å²) < 4.78 is 19.0. The van der Waals surface area contributed by atoms with Gasteiger partial charge >= 0.3 is 0 Å². The van der Waals surface area contributed by atoms with Crippen molar-refractivity contribution in [1.29, 1.82) is 0 Å². The third kappa shape index (κ3) is 2.69. The van der Waals surface area contributed by atoms with E-state index in [1.807, 2.05) is 26.0 Å². The van der Waals surface area contributed by atoms with Gasteiger partial charge in [0, 0.05) is 5.69 Å². The van der Waals surface area contributed by atoms with Crippen molar-refractivity contribution in [2.24, 2.45) is 0 Å². The van der Waals surface area contributed by atoms with Crippen molar-refractivity contribution in [2.45, 2.75) is 19.9 Å². The molecule has 1 heterocycles. The van der Waals surface area contributed by atoms with Crippen LogP contribution in [0.15, 0.2) is 39.4 Å². The van der Waals surface area contributed by atoms with Crippen LogP contribution in [0, 0.1) is 12.7 Å². The van der Waals surface area contributed by atoms with Crippen LogP contribution in [0.4, 0.5) is 10.1 Å². The summed E-state index contributed by atoms with van der Waals surface area (Å²) in [6, 6.07) is 7.04. The van der Waals surface area contributed by atoms with Gasteiger partial charge in [-0.25, -0.2) is 4.39 Å². The Hall–Kier alpha value is -1.29. The summed E-state index contributed by atoms with van der Waals surface area (Å²) in [6.45, 7) is 3.86. The molecule has 0 bridgehead atoms. The number of nitrogens with one attached hydrogen (secondary N) is 1. The van der Waals surface area contributed by atoms with Gasteiger partial charge in [-0.15, -0.1) is 0 Å². The first kappa shape index (κ1) is 12.2. The minimum atomic E-state index is -0.251. The van der Waals surface area contributed by atoms with Gasteiger partial charge in [0.2, 0.25) is 0 Å². The Morgan fingerprint density at radius 3 is 2.82 bits per heavy atom. The van der Waals surface area contributed by atoms with Gasteiger partial charge < -0.3 is 9.73 Å². The SMILES string of the molecule is Cc1cc(F)c(Br)cc1NC(C)c1ccco1. The molecular formula is C13H13BrFNO. The minimum Gasteiger partial charge on any atom is -0.467 e. The lowest BCUT2D eigenvalue weighted by atomic mass is 10.1. The topological polar surface area (TPSA) is 25.2 Å². The number of aryl methyl sites for hydroxylation is 1. The molecule has 0 radical (unpaired) electrons. The second-order valence-electron chi connectivity index (χ2n) is 3.96. The molecule has 1 N–H and O–H groups in total. The number of hydrogen-bond donors (Lipinski definition) is 1. The highest BCUT2D eigenvalue weighted by Crippen LogP contribution is 2.27. The Kier molecular flexibility index (Phi) is 3.52. The molecule has 0 aliphatic carbocycles. The molecule has 0 spiro atoms. The van der Waals surface area contributed by atoms with Crippen molar-refractivity contribution in [3.63, 3.8) is 0 Å². The van der Waals surface area contributed by atoms with E-state index in [1.165, 1.54) is 6.07 Å². The highest BCUT2D eigenvalue weighted by molar-refractivity contribution is 9.10. The lowest BCUT2D eigenvalue weighted by Crippen LogP contribution is -2.07. The van der Waals surface area contributed by atoms with Crippen LogP contribution in [-0.4, -0.2) is 0 Å². The van der Waals surface area contributed by atoms with Crippen LogP contribution in [0.3, 0.4) is 0 Å². The van der Waals surface area contributed by atoms with E-state index in [4.69, 9.17) is 4.42 Å². The summed E-state index contributed by atoms with van der Waals surface area (Å²) in [4.78, 5) is 0. The molecule has 2 rings (SSSR count). The zero-order chi connectivity index (χ0) is 12.4. The monoisotopic (exact) mass is 297 g/mol. The molecule has 90 valence electrons. The number of furan rings is 1. The molecule has 0 aliphatic heterocycles. The fraction of sp³-hybridized carbons (Fsp3) is 0.231. The molecule has 0 saturated carbocycles. The lowest BCUT2D eigenvalue weighted by molar-refractivity contribution is 0.490. The molecule has 2 aromatic rings. The Labute approximate surface area is 108 Å². The van der Waals surface area contributed by atoms with Gasteiger partial charge in [-0.1, -0.05) is 0 Å². The van der Waals surface area contributed by atoms with E-state index >= 15 is 0 Å². The van der Waals surface area contributed by atoms with E-state index in [1.54, 1.807) is 12.3 Å². The average molecular weight is 298 g/mol. The van der Waals surface area contributed by atoms with Crippen molar-refractivity contribution >= 4 is 21.6 Å². The Bertz CT molecular complexity index is 510. The molecule has 0 saturated heterocycles. The summed E-state index contributed by atoms with van der Waals surface area (Å²) in [5, 5.41) is 3.29. The number of halogens is 2. The predicted molar refractivity (Wildman–Crippen MR) is 69.6 cm³/mol. The Morgan fingerprint density at radius 1 is 1.41 bits per heavy atom. The van der Waals surface area contributed by atoms with Crippen LogP contribution in [0.25, 0.3) is 0 Å². The summed E-state index contributed by atoms with van der Waals surface area (Å²) >= 11 is 3.18. The van der Waals surface area contributed by atoms with Crippen molar-refractivity contribution in [1.82, 2.24) is 0 Å². The molecule has 0 amide bonds. The summed E-state index contributed by atoms with van der Waals surface area (Å²) in [5.74, 6) is 0.601. The van der Waals surface area contributed by atoms with E-state index in [0.29, 0.717) is 4.47 Å². The standard InChI is InChI=1S/C13H13BrFNO/c1-8-6-11(15)10(14)7-12(8)16-9(2)13-4-3-5-17-13/h3-7,9,16H,1-2H3. The van der Waals surface area contributed by atoms with Gasteiger partial charge in [0.15, 0.2) is 0 Å². The van der Waals surface area contributed by atoms with Gasteiger partial charge in [0.25, 0.3) is 0 Å². The highest BCUT2D eigenvalue weighted by Gasteiger charge is 2.11. The van der Waals surface area contributed by atoms with Gasteiger partial charge in [0.1, 0.15) is 11.6 Å². The fourth-order valence-electron chi connectivity index (χ4n) is 1.64. The third-order valence-electron chi connectivity index (χ3n) is 2.61. The largest absolute Gasteiger partial charge is 0.467 e. The Balaban J connectivity index is 2.22. The molecule has 1 aromatic carbocycles. The van der Waals surface area contributed by atoms with E-state index in [2.05, 4.69) is 21.2 Å². The number of rotatable bonds is 3. The van der Waals surface area contributed by atoms with Crippen LogP contribution in [0.5, 0.6) is 0 Å². The maximum Gasteiger partial charge on any atom is 0.137 e. The highest BCUT2D eigenvalue weighted by atomic mass is 79.9. The van der Waals surface area contributed by atoms with Crippen molar-refractivity contribution < 1.29 is 8.81 Å². The van der Waals surface area contributed by atoms with Crippen molar-refractivity contribution in [3.05, 3.63) is 52.1 Å². The quantitative estimate of drug-likeness (QED) is 0.891. The van der Waals surface area contributed by atoms with Crippen LogP contribution < -0.4 is 5.32 Å². The molecular weight excluding hydrogens is 285 g/mol. The van der Waals surface area contributed by atoms with Gasteiger partial charge in [-0.05, 0) is 59.6 Å². The van der Waals surface area contributed by atoms with Gasteiger partial charge in [-0.2, -0.15) is 0 Å². The van der Waals surface area contributed by atoms with E-state index < -0.39 is 0 Å². The van der Waals surface area contributed by atoms with Crippen LogP contribution in [0.1, 0.15) is 24.3 Å². The van der Waals surface area contributed by atoms with Crippen LogP contribution in [0.2, 0.25) is 0 Å². The molecule has 17 heavy (non-hydrogen) atoms. The maximum absolute atomic E-state index is 13.3. The molecule has 0 fully saturated rings. The first-order valence-electron chi connectivity index (χ1n) is 5.33. The van der Waals surface area contributed by atoms with E-state index in [0.717, 1.165) is 17.0 Å². The third-order valence-corrected chi connectivity index (χ3v) is 3.22. The molecule has 1 aromatic heterocycles. The fourth-order valence-corrected chi connectivity index (χ4v) is 1.99. The van der Waals surface area contributed by atoms with Crippen LogP contribution >= 0.6 is 15.9 Å². The summed E-state index contributed by atoms with van der Waals surface area (Å²) in [6.07, 6.45) is 1.64. The smallest absolute Gasteiger partial charge is 0.137 e. The van der Waals surface area contributed by atoms with Gasteiger partial charge in [0.05, 0.1) is 16.8 Å². The van der Waals surface area contributed by atoms with Gasteiger partial charge in [-0.3, -0.25) is 0 Å². The number of hydrogen-bond acceptors (Lipinski definition) is 2. The zero-order valence-corrected chi connectivity index (χ0v) is 11.2. The molecule has 1 atom stereocenters. The lowest BCUT2D eigenvalue weighted by Gasteiger charge is -2.15. The minimum absolute atomic E-state index is 0.0426. The molecule has 1 unspecified atom stereocenters. The molecule has 2 nitrogen and oxygen atoms in total. The van der Waals surface area contributed by atoms with E-state index in [9.17, 15) is 4.39 Å². The molecule has 4 heteroatoms. The van der Waals surface area contributed by atoms with Crippen molar-refractivity contribution in [3.8, 4) is 0 Å². The summed E-state index contributed by atoms with van der Waals surface area (Å²) in [7, 11) is 0. The first-order chi connectivity index (χ1) is 8.08. The number of anilines is 1. The Morgan fingerprint density at radius 2 is 2.18 bits per heavy atom. The van der Waals surface area contributed by atoms with Crippen LogP contribution in [-0.2, 0) is 0 Å². The normalized spacial score (nSPS) is 12.5. The first-order valence-corrected chi connectivity index (χ1v) is 6.13. The average Bonchev–Trinajstić information content (AvgIpc) is 2.79.